The quantitative estimate of drug-likeness (QED) is 0.647. The lowest BCUT2D eigenvalue weighted by atomic mass is 10.2. The van der Waals surface area contributed by atoms with Crippen molar-refractivity contribution in [1.82, 2.24) is 9.97 Å². The molecule has 0 atom stereocenters. The highest BCUT2D eigenvalue weighted by molar-refractivity contribution is 7.09. The zero-order valence-electron chi connectivity index (χ0n) is 10.8. The van der Waals surface area contributed by atoms with Gasteiger partial charge in [-0.15, -0.1) is 11.3 Å². The molecule has 1 saturated carbocycles. The largest absolute Gasteiger partial charge is 0.348 e. The van der Waals surface area contributed by atoms with E-state index in [1.807, 2.05) is 6.92 Å². The van der Waals surface area contributed by atoms with Gasteiger partial charge in [0, 0.05) is 16.5 Å². The molecule has 100 valence electrons. The molecule has 5 nitrogen and oxygen atoms in total. The first-order chi connectivity index (χ1) is 9.29. The van der Waals surface area contributed by atoms with Crippen molar-refractivity contribution >= 4 is 23.0 Å². The van der Waals surface area contributed by atoms with Crippen molar-refractivity contribution in [2.45, 2.75) is 32.4 Å². The van der Waals surface area contributed by atoms with Crippen molar-refractivity contribution in [2.75, 3.05) is 10.3 Å². The van der Waals surface area contributed by atoms with Gasteiger partial charge >= 0.3 is 0 Å². The van der Waals surface area contributed by atoms with E-state index in [9.17, 15) is 0 Å². The van der Waals surface area contributed by atoms with Gasteiger partial charge in [-0.1, -0.05) is 6.07 Å². The molecule has 6 heteroatoms. The number of nitrogen functional groups attached to an aromatic ring is 1. The summed E-state index contributed by atoms with van der Waals surface area (Å²) in [6.07, 6.45) is 4.04. The number of nitrogens with two attached hydrogens (primary N) is 1. The SMILES string of the molecule is Cc1c(NN)ncnc1N(Cc1cccs1)C1CC1. The van der Waals surface area contributed by atoms with E-state index in [0.29, 0.717) is 11.9 Å². The van der Waals surface area contributed by atoms with Gasteiger partial charge in [0.05, 0.1) is 6.54 Å². The molecular weight excluding hydrogens is 258 g/mol. The maximum absolute atomic E-state index is 5.49. The van der Waals surface area contributed by atoms with Crippen LogP contribution in [0.1, 0.15) is 23.3 Å². The summed E-state index contributed by atoms with van der Waals surface area (Å²) in [6, 6.07) is 4.85. The zero-order chi connectivity index (χ0) is 13.2. The Bertz CT molecular complexity index is 550. The summed E-state index contributed by atoms with van der Waals surface area (Å²) in [7, 11) is 0. The zero-order valence-corrected chi connectivity index (χ0v) is 11.7. The lowest BCUT2D eigenvalue weighted by Crippen LogP contribution is -2.27. The number of hydrazine groups is 1. The third-order valence-corrected chi connectivity index (χ3v) is 4.22. The Hall–Kier alpha value is -1.66. The Labute approximate surface area is 116 Å². The molecule has 0 unspecified atom stereocenters. The van der Waals surface area contributed by atoms with Gasteiger partial charge in [-0.05, 0) is 31.2 Å². The van der Waals surface area contributed by atoms with E-state index in [2.05, 4.69) is 37.8 Å². The number of aromatic nitrogens is 2. The Balaban J connectivity index is 1.92. The smallest absolute Gasteiger partial charge is 0.148 e. The van der Waals surface area contributed by atoms with Gasteiger partial charge in [0.2, 0.25) is 0 Å². The molecule has 0 aromatic carbocycles. The van der Waals surface area contributed by atoms with Crippen LogP contribution in [-0.2, 0) is 6.54 Å². The molecule has 2 heterocycles. The minimum Gasteiger partial charge on any atom is -0.348 e. The van der Waals surface area contributed by atoms with Crippen molar-refractivity contribution in [3.63, 3.8) is 0 Å². The van der Waals surface area contributed by atoms with Gasteiger partial charge in [-0.25, -0.2) is 15.8 Å². The molecular formula is C13H17N5S. The molecule has 1 fully saturated rings. The van der Waals surface area contributed by atoms with Crippen LogP contribution in [0.5, 0.6) is 0 Å². The number of hydrogen-bond acceptors (Lipinski definition) is 6. The van der Waals surface area contributed by atoms with E-state index in [-0.39, 0.29) is 0 Å². The Morgan fingerprint density at radius 3 is 2.95 bits per heavy atom. The summed E-state index contributed by atoms with van der Waals surface area (Å²) in [5, 5.41) is 2.11. The van der Waals surface area contributed by atoms with Gasteiger partial charge in [-0.3, -0.25) is 0 Å². The second-order valence-electron chi connectivity index (χ2n) is 4.75. The first-order valence-corrected chi connectivity index (χ1v) is 7.25. The molecule has 19 heavy (non-hydrogen) atoms. The summed E-state index contributed by atoms with van der Waals surface area (Å²) >= 11 is 1.78. The maximum atomic E-state index is 5.49. The predicted octanol–water partition coefficient (Wildman–Crippen LogP) is 2.30. The summed E-state index contributed by atoms with van der Waals surface area (Å²) in [4.78, 5) is 12.3. The predicted molar refractivity (Wildman–Crippen MR) is 78.1 cm³/mol. The van der Waals surface area contributed by atoms with Crippen LogP contribution >= 0.6 is 11.3 Å². The first kappa shape index (κ1) is 12.4. The molecule has 0 spiro atoms. The van der Waals surface area contributed by atoms with Crippen LogP contribution < -0.4 is 16.2 Å². The topological polar surface area (TPSA) is 67.1 Å². The molecule has 2 aromatic heterocycles. The number of nitrogens with one attached hydrogen (secondary N) is 1. The van der Waals surface area contributed by atoms with E-state index >= 15 is 0 Å². The van der Waals surface area contributed by atoms with Crippen molar-refractivity contribution in [3.05, 3.63) is 34.3 Å². The fourth-order valence-electron chi connectivity index (χ4n) is 2.21. The third-order valence-electron chi connectivity index (χ3n) is 3.36. The van der Waals surface area contributed by atoms with Crippen molar-refractivity contribution in [2.24, 2.45) is 5.84 Å². The number of nitrogens with zero attached hydrogens (tertiary/aromatic N) is 3. The number of anilines is 2. The van der Waals surface area contributed by atoms with Gasteiger partial charge < -0.3 is 10.3 Å². The summed E-state index contributed by atoms with van der Waals surface area (Å²) in [6.45, 7) is 2.92. The fourth-order valence-corrected chi connectivity index (χ4v) is 2.91. The molecule has 0 saturated heterocycles. The molecule has 0 amide bonds. The molecule has 0 bridgehead atoms. The molecule has 3 N–H and O–H groups in total. The van der Waals surface area contributed by atoms with Crippen LogP contribution in [0.4, 0.5) is 11.6 Å². The highest BCUT2D eigenvalue weighted by Crippen LogP contribution is 2.35. The fraction of sp³-hybridized carbons (Fsp3) is 0.385. The number of hydrogen-bond donors (Lipinski definition) is 2. The van der Waals surface area contributed by atoms with Gasteiger partial charge in [0.1, 0.15) is 18.0 Å². The van der Waals surface area contributed by atoms with Crippen molar-refractivity contribution < 1.29 is 0 Å². The number of thiophene rings is 1. The van der Waals surface area contributed by atoms with E-state index in [4.69, 9.17) is 5.84 Å². The normalized spacial score (nSPS) is 14.4. The van der Waals surface area contributed by atoms with Crippen LogP contribution in [0.25, 0.3) is 0 Å². The summed E-state index contributed by atoms with van der Waals surface area (Å²) in [5.74, 6) is 7.17. The van der Waals surface area contributed by atoms with Crippen LogP contribution in [0.15, 0.2) is 23.8 Å². The van der Waals surface area contributed by atoms with Crippen LogP contribution in [0, 0.1) is 6.92 Å². The van der Waals surface area contributed by atoms with Gasteiger partial charge in [0.25, 0.3) is 0 Å². The molecule has 2 aromatic rings. The molecule has 1 aliphatic rings. The van der Waals surface area contributed by atoms with Gasteiger partial charge in [0.15, 0.2) is 0 Å². The van der Waals surface area contributed by atoms with Gasteiger partial charge in [-0.2, -0.15) is 0 Å². The lowest BCUT2D eigenvalue weighted by molar-refractivity contribution is 0.778. The Morgan fingerprint density at radius 2 is 2.32 bits per heavy atom. The molecule has 0 radical (unpaired) electrons. The minimum absolute atomic E-state index is 0.598. The molecule has 0 aliphatic heterocycles. The maximum Gasteiger partial charge on any atom is 0.148 e. The van der Waals surface area contributed by atoms with E-state index in [0.717, 1.165) is 17.9 Å². The lowest BCUT2D eigenvalue weighted by Gasteiger charge is -2.25. The van der Waals surface area contributed by atoms with Crippen molar-refractivity contribution in [1.29, 1.82) is 0 Å². The molecule has 1 aliphatic carbocycles. The Morgan fingerprint density at radius 1 is 1.47 bits per heavy atom. The third kappa shape index (κ3) is 2.54. The van der Waals surface area contributed by atoms with Crippen LogP contribution in [-0.4, -0.2) is 16.0 Å². The van der Waals surface area contributed by atoms with Crippen LogP contribution in [0.2, 0.25) is 0 Å². The number of rotatable bonds is 5. The molecule has 3 rings (SSSR count). The highest BCUT2D eigenvalue weighted by Gasteiger charge is 2.31. The van der Waals surface area contributed by atoms with Crippen molar-refractivity contribution in [3.8, 4) is 0 Å². The average Bonchev–Trinajstić information content (AvgIpc) is 3.14. The summed E-state index contributed by atoms with van der Waals surface area (Å²) in [5.41, 5.74) is 3.64. The van der Waals surface area contributed by atoms with E-state index < -0.39 is 0 Å². The van der Waals surface area contributed by atoms with E-state index in [1.54, 1.807) is 17.7 Å². The second-order valence-corrected chi connectivity index (χ2v) is 5.79. The average molecular weight is 275 g/mol. The minimum atomic E-state index is 0.598. The van der Waals surface area contributed by atoms with Crippen LogP contribution in [0.3, 0.4) is 0 Å². The Kier molecular flexibility index (Phi) is 3.35. The summed E-state index contributed by atoms with van der Waals surface area (Å²) < 4.78 is 0. The monoisotopic (exact) mass is 275 g/mol. The first-order valence-electron chi connectivity index (χ1n) is 6.37. The van der Waals surface area contributed by atoms with E-state index in [1.165, 1.54) is 17.7 Å². The highest BCUT2D eigenvalue weighted by atomic mass is 32.1. The standard InChI is InChI=1S/C13H17N5S/c1-9-12(17-14)15-8-16-13(9)18(10-4-5-10)7-11-3-2-6-19-11/h2-3,6,8,10H,4-5,7,14H2,1H3,(H,15,16,17). The second kappa shape index (κ2) is 5.14.